The van der Waals surface area contributed by atoms with Crippen molar-refractivity contribution in [1.82, 2.24) is 4.98 Å². The van der Waals surface area contributed by atoms with Crippen LogP contribution in [0.4, 0.5) is 4.39 Å². The van der Waals surface area contributed by atoms with Crippen molar-refractivity contribution in [2.75, 3.05) is 0 Å². The van der Waals surface area contributed by atoms with Crippen LogP contribution in [0.15, 0.2) is 23.6 Å². The summed E-state index contributed by atoms with van der Waals surface area (Å²) >= 11 is 1.67. The van der Waals surface area contributed by atoms with Gasteiger partial charge in [-0.2, -0.15) is 0 Å². The highest BCUT2D eigenvalue weighted by Gasteiger charge is 2.13. The Morgan fingerprint density at radius 1 is 1.11 bits per heavy atom. The minimum absolute atomic E-state index is 0.179. The zero-order valence-corrected chi connectivity index (χ0v) is 12.0. The largest absolute Gasteiger partial charge is 0.241 e. The zero-order valence-electron chi connectivity index (χ0n) is 11.2. The molecule has 0 aliphatic carbocycles. The topological polar surface area (TPSA) is 12.9 Å². The molecule has 0 unspecified atom stereocenters. The molecular weight excluding hydrogens is 245 g/mol. The summed E-state index contributed by atoms with van der Waals surface area (Å²) in [5.74, 6) is 0.549. The Kier molecular flexibility index (Phi) is 3.81. The van der Waals surface area contributed by atoms with Crippen LogP contribution in [0.5, 0.6) is 0 Å². The lowest BCUT2D eigenvalue weighted by molar-refractivity contribution is 0.623. The first-order valence-electron chi connectivity index (χ1n) is 6.24. The maximum Gasteiger partial charge on any atom is 0.123 e. The Morgan fingerprint density at radius 2 is 1.83 bits per heavy atom. The number of benzene rings is 1. The normalized spacial score (nSPS) is 11.5. The maximum atomic E-state index is 13.3. The molecule has 2 aromatic rings. The van der Waals surface area contributed by atoms with Gasteiger partial charge >= 0.3 is 0 Å². The van der Waals surface area contributed by atoms with Crippen molar-refractivity contribution < 1.29 is 4.39 Å². The van der Waals surface area contributed by atoms with Crippen molar-refractivity contribution in [3.63, 3.8) is 0 Å². The summed E-state index contributed by atoms with van der Waals surface area (Å²) in [6.07, 6.45) is 0. The van der Waals surface area contributed by atoms with Gasteiger partial charge in [0.05, 0.1) is 10.7 Å². The molecule has 18 heavy (non-hydrogen) atoms. The Bertz CT molecular complexity index is 543. The molecule has 0 atom stereocenters. The van der Waals surface area contributed by atoms with Crippen LogP contribution in [0.2, 0.25) is 0 Å². The van der Waals surface area contributed by atoms with Crippen LogP contribution in [-0.4, -0.2) is 4.98 Å². The van der Waals surface area contributed by atoms with Gasteiger partial charge < -0.3 is 0 Å². The van der Waals surface area contributed by atoms with Gasteiger partial charge in [-0.3, -0.25) is 0 Å². The summed E-state index contributed by atoms with van der Waals surface area (Å²) in [5.41, 5.74) is 3.04. The van der Waals surface area contributed by atoms with E-state index in [2.05, 4.69) is 38.1 Å². The van der Waals surface area contributed by atoms with Gasteiger partial charge in [0.25, 0.3) is 0 Å². The molecule has 0 saturated carbocycles. The molecule has 0 amide bonds. The van der Waals surface area contributed by atoms with E-state index in [1.807, 2.05) is 6.07 Å². The fourth-order valence-electron chi connectivity index (χ4n) is 1.92. The van der Waals surface area contributed by atoms with Crippen LogP contribution in [-0.2, 0) is 0 Å². The second kappa shape index (κ2) is 5.19. The molecule has 1 heterocycles. The quantitative estimate of drug-likeness (QED) is 0.742. The number of halogens is 1. The van der Waals surface area contributed by atoms with Crippen molar-refractivity contribution in [2.24, 2.45) is 0 Å². The Labute approximate surface area is 112 Å². The zero-order chi connectivity index (χ0) is 13.3. The minimum atomic E-state index is -0.179. The molecule has 0 aliphatic rings. The fraction of sp³-hybridized carbons (Fsp3) is 0.400. The number of nitrogens with zero attached hydrogens (tertiary/aromatic N) is 1. The van der Waals surface area contributed by atoms with Gasteiger partial charge in [0.2, 0.25) is 0 Å². The second-order valence-corrected chi connectivity index (χ2v) is 6.00. The van der Waals surface area contributed by atoms with Gasteiger partial charge in [-0.1, -0.05) is 27.7 Å². The van der Waals surface area contributed by atoms with E-state index in [1.54, 1.807) is 17.4 Å². The van der Waals surface area contributed by atoms with Crippen LogP contribution < -0.4 is 0 Å². The smallest absolute Gasteiger partial charge is 0.123 e. The molecule has 0 fully saturated rings. The minimum Gasteiger partial charge on any atom is -0.241 e. The van der Waals surface area contributed by atoms with Crippen molar-refractivity contribution in [3.05, 3.63) is 40.0 Å². The first-order valence-corrected chi connectivity index (χ1v) is 7.12. The van der Waals surface area contributed by atoms with Crippen LogP contribution >= 0.6 is 11.3 Å². The SMILES string of the molecule is CC(C)c1nc(-c2ccc(F)cc2C(C)C)cs1. The number of hydrogen-bond acceptors (Lipinski definition) is 2. The number of hydrogen-bond donors (Lipinski definition) is 0. The van der Waals surface area contributed by atoms with E-state index in [1.165, 1.54) is 6.07 Å². The molecular formula is C15H18FNS. The fourth-order valence-corrected chi connectivity index (χ4v) is 2.76. The van der Waals surface area contributed by atoms with E-state index >= 15 is 0 Å². The van der Waals surface area contributed by atoms with Gasteiger partial charge in [-0.25, -0.2) is 9.37 Å². The summed E-state index contributed by atoms with van der Waals surface area (Å²) in [6, 6.07) is 4.97. The molecule has 0 aliphatic heterocycles. The van der Waals surface area contributed by atoms with Crippen molar-refractivity contribution in [1.29, 1.82) is 0 Å². The molecule has 1 aromatic heterocycles. The molecule has 1 aromatic carbocycles. The van der Waals surface area contributed by atoms with Gasteiger partial charge in [0.15, 0.2) is 0 Å². The summed E-state index contributed by atoms with van der Waals surface area (Å²) in [4.78, 5) is 4.65. The van der Waals surface area contributed by atoms with Crippen LogP contribution in [0.25, 0.3) is 11.3 Å². The predicted molar refractivity (Wildman–Crippen MR) is 75.7 cm³/mol. The molecule has 0 N–H and O–H groups in total. The van der Waals surface area contributed by atoms with Crippen LogP contribution in [0.3, 0.4) is 0 Å². The van der Waals surface area contributed by atoms with Crippen LogP contribution in [0.1, 0.15) is 50.1 Å². The number of thiazole rings is 1. The molecule has 0 spiro atoms. The molecule has 96 valence electrons. The van der Waals surface area contributed by atoms with Crippen molar-refractivity contribution in [3.8, 4) is 11.3 Å². The van der Waals surface area contributed by atoms with Crippen molar-refractivity contribution in [2.45, 2.75) is 39.5 Å². The first kappa shape index (κ1) is 13.2. The summed E-state index contributed by atoms with van der Waals surface area (Å²) < 4.78 is 13.3. The molecule has 2 rings (SSSR count). The lowest BCUT2D eigenvalue weighted by Crippen LogP contribution is -1.94. The van der Waals surface area contributed by atoms with E-state index in [0.717, 1.165) is 21.8 Å². The third-order valence-corrected chi connectivity index (χ3v) is 4.07. The Balaban J connectivity index is 2.49. The van der Waals surface area contributed by atoms with Gasteiger partial charge in [0, 0.05) is 16.9 Å². The van der Waals surface area contributed by atoms with E-state index in [9.17, 15) is 4.39 Å². The highest BCUT2D eigenvalue weighted by Crippen LogP contribution is 2.32. The lowest BCUT2D eigenvalue weighted by Gasteiger charge is -2.11. The van der Waals surface area contributed by atoms with E-state index < -0.39 is 0 Å². The predicted octanol–water partition coefficient (Wildman–Crippen LogP) is 5.20. The summed E-state index contributed by atoms with van der Waals surface area (Å²) in [5, 5.41) is 3.19. The Morgan fingerprint density at radius 3 is 2.39 bits per heavy atom. The first-order chi connectivity index (χ1) is 8.49. The molecule has 1 nitrogen and oxygen atoms in total. The second-order valence-electron chi connectivity index (χ2n) is 5.11. The summed E-state index contributed by atoms with van der Waals surface area (Å²) in [6.45, 7) is 8.43. The number of rotatable bonds is 3. The maximum absolute atomic E-state index is 13.3. The summed E-state index contributed by atoms with van der Waals surface area (Å²) in [7, 11) is 0. The average molecular weight is 263 g/mol. The lowest BCUT2D eigenvalue weighted by atomic mass is 9.95. The highest BCUT2D eigenvalue weighted by molar-refractivity contribution is 7.10. The van der Waals surface area contributed by atoms with Gasteiger partial charge in [-0.05, 0) is 29.7 Å². The van der Waals surface area contributed by atoms with E-state index in [-0.39, 0.29) is 5.82 Å². The number of aromatic nitrogens is 1. The molecule has 3 heteroatoms. The average Bonchev–Trinajstić information content (AvgIpc) is 2.78. The Hall–Kier alpha value is -1.22. The highest BCUT2D eigenvalue weighted by atomic mass is 32.1. The van der Waals surface area contributed by atoms with E-state index in [0.29, 0.717) is 11.8 Å². The standard InChI is InChI=1S/C15H18FNS/c1-9(2)13-7-11(16)5-6-12(13)14-8-18-15(17-14)10(3)4/h5-10H,1-4H3. The molecule has 0 radical (unpaired) electrons. The molecule has 0 saturated heterocycles. The van der Waals surface area contributed by atoms with Crippen molar-refractivity contribution >= 4 is 11.3 Å². The van der Waals surface area contributed by atoms with Gasteiger partial charge in [0.1, 0.15) is 5.82 Å². The third-order valence-electron chi connectivity index (χ3n) is 2.93. The van der Waals surface area contributed by atoms with Crippen LogP contribution in [0, 0.1) is 5.82 Å². The monoisotopic (exact) mass is 263 g/mol. The van der Waals surface area contributed by atoms with Gasteiger partial charge in [-0.15, -0.1) is 11.3 Å². The third kappa shape index (κ3) is 2.61. The molecule has 0 bridgehead atoms. The van der Waals surface area contributed by atoms with E-state index in [4.69, 9.17) is 0 Å².